The first kappa shape index (κ1) is 19.9. The summed E-state index contributed by atoms with van der Waals surface area (Å²) in [6.45, 7) is 3.76. The van der Waals surface area contributed by atoms with Gasteiger partial charge in [0.1, 0.15) is 18.5 Å². The molecule has 2 unspecified atom stereocenters. The van der Waals surface area contributed by atoms with Crippen LogP contribution in [-0.2, 0) is 11.2 Å². The molecule has 140 valence electrons. The SMILES string of the molecule is CC(CCNCC(O)COc1ccc(CC(N)=O)cc1)c1ccccc1. The van der Waals surface area contributed by atoms with Gasteiger partial charge in [-0.05, 0) is 42.1 Å². The van der Waals surface area contributed by atoms with Crippen LogP contribution in [0.3, 0.4) is 0 Å². The summed E-state index contributed by atoms with van der Waals surface area (Å²) in [4.78, 5) is 10.9. The molecule has 0 spiro atoms. The van der Waals surface area contributed by atoms with E-state index in [1.54, 1.807) is 24.3 Å². The van der Waals surface area contributed by atoms with Crippen molar-refractivity contribution in [1.82, 2.24) is 5.32 Å². The maximum absolute atomic E-state index is 10.9. The number of aliphatic hydroxyl groups is 1. The first-order valence-electron chi connectivity index (χ1n) is 8.98. The summed E-state index contributed by atoms with van der Waals surface area (Å²) in [6, 6.07) is 17.6. The maximum atomic E-state index is 10.9. The normalized spacial score (nSPS) is 13.2. The number of hydrogen-bond donors (Lipinski definition) is 3. The van der Waals surface area contributed by atoms with Crippen LogP contribution in [0.4, 0.5) is 0 Å². The van der Waals surface area contributed by atoms with Gasteiger partial charge in [-0.15, -0.1) is 0 Å². The quantitative estimate of drug-likeness (QED) is 0.539. The fraction of sp³-hybridized carbons (Fsp3) is 0.381. The topological polar surface area (TPSA) is 84.6 Å². The molecule has 26 heavy (non-hydrogen) atoms. The van der Waals surface area contributed by atoms with Gasteiger partial charge in [-0.2, -0.15) is 0 Å². The highest BCUT2D eigenvalue weighted by atomic mass is 16.5. The number of nitrogens with one attached hydrogen (secondary N) is 1. The molecule has 0 aliphatic carbocycles. The minimum Gasteiger partial charge on any atom is -0.491 e. The van der Waals surface area contributed by atoms with Crippen molar-refractivity contribution in [2.24, 2.45) is 5.73 Å². The lowest BCUT2D eigenvalue weighted by molar-refractivity contribution is -0.117. The highest BCUT2D eigenvalue weighted by molar-refractivity contribution is 5.76. The predicted octanol–water partition coefficient (Wildman–Crippen LogP) is 2.24. The summed E-state index contributed by atoms with van der Waals surface area (Å²) >= 11 is 0. The lowest BCUT2D eigenvalue weighted by Crippen LogP contribution is -2.32. The third-order valence-corrected chi connectivity index (χ3v) is 4.25. The van der Waals surface area contributed by atoms with E-state index in [0.29, 0.717) is 18.2 Å². The van der Waals surface area contributed by atoms with E-state index in [0.717, 1.165) is 18.5 Å². The molecule has 2 aromatic rings. The second kappa shape index (κ2) is 10.6. The molecule has 0 saturated heterocycles. The molecular weight excluding hydrogens is 328 g/mol. The number of ether oxygens (including phenoxy) is 1. The maximum Gasteiger partial charge on any atom is 0.221 e. The van der Waals surface area contributed by atoms with Crippen LogP contribution in [0.15, 0.2) is 54.6 Å². The van der Waals surface area contributed by atoms with Crippen LogP contribution in [0.25, 0.3) is 0 Å². The van der Waals surface area contributed by atoms with E-state index in [4.69, 9.17) is 10.5 Å². The van der Waals surface area contributed by atoms with Crippen LogP contribution >= 0.6 is 0 Å². The second-order valence-electron chi connectivity index (χ2n) is 6.56. The minimum atomic E-state index is -0.577. The monoisotopic (exact) mass is 356 g/mol. The Bertz CT molecular complexity index is 659. The Hall–Kier alpha value is -2.37. The number of carbonyl (C=O) groups is 1. The van der Waals surface area contributed by atoms with Crippen LogP contribution in [0.1, 0.15) is 30.4 Å². The Morgan fingerprint density at radius 3 is 2.50 bits per heavy atom. The number of nitrogens with two attached hydrogens (primary N) is 1. The van der Waals surface area contributed by atoms with Gasteiger partial charge in [-0.25, -0.2) is 0 Å². The van der Waals surface area contributed by atoms with Gasteiger partial charge in [0.05, 0.1) is 6.42 Å². The molecule has 2 aromatic carbocycles. The van der Waals surface area contributed by atoms with Crippen LogP contribution in [0.2, 0.25) is 0 Å². The molecule has 0 saturated carbocycles. The first-order valence-corrected chi connectivity index (χ1v) is 8.98. The molecule has 0 aliphatic rings. The summed E-state index contributed by atoms with van der Waals surface area (Å²) in [5.41, 5.74) is 7.34. The molecule has 0 heterocycles. The van der Waals surface area contributed by atoms with Crippen molar-refractivity contribution >= 4 is 5.91 Å². The van der Waals surface area contributed by atoms with Gasteiger partial charge in [-0.3, -0.25) is 4.79 Å². The Balaban J connectivity index is 1.61. The van der Waals surface area contributed by atoms with E-state index in [1.807, 2.05) is 6.07 Å². The van der Waals surface area contributed by atoms with Crippen LogP contribution < -0.4 is 15.8 Å². The summed E-state index contributed by atoms with van der Waals surface area (Å²) in [5, 5.41) is 13.3. The average Bonchev–Trinajstić information content (AvgIpc) is 2.65. The fourth-order valence-corrected chi connectivity index (χ4v) is 2.69. The van der Waals surface area contributed by atoms with E-state index in [-0.39, 0.29) is 18.9 Å². The standard InChI is InChI=1S/C21H28N2O3/c1-16(18-5-3-2-4-6-18)11-12-23-14-19(24)15-26-20-9-7-17(8-10-20)13-21(22)25/h2-10,16,19,23-24H,11-15H2,1H3,(H2,22,25). The van der Waals surface area contributed by atoms with Gasteiger partial charge in [0.15, 0.2) is 0 Å². The van der Waals surface area contributed by atoms with Crippen LogP contribution in [0, 0.1) is 0 Å². The highest BCUT2D eigenvalue weighted by Gasteiger charge is 2.07. The zero-order valence-corrected chi connectivity index (χ0v) is 15.2. The second-order valence-corrected chi connectivity index (χ2v) is 6.56. The van der Waals surface area contributed by atoms with E-state index in [9.17, 15) is 9.90 Å². The third-order valence-electron chi connectivity index (χ3n) is 4.25. The smallest absolute Gasteiger partial charge is 0.221 e. The van der Waals surface area contributed by atoms with Crippen LogP contribution in [-0.4, -0.2) is 36.8 Å². The van der Waals surface area contributed by atoms with E-state index < -0.39 is 6.10 Å². The minimum absolute atomic E-state index is 0.216. The first-order chi connectivity index (χ1) is 12.5. The number of carbonyl (C=O) groups excluding carboxylic acids is 1. The number of benzene rings is 2. The molecule has 0 bridgehead atoms. The molecular formula is C21H28N2O3. The number of aliphatic hydroxyl groups excluding tert-OH is 1. The average molecular weight is 356 g/mol. The highest BCUT2D eigenvalue weighted by Crippen LogP contribution is 2.17. The number of primary amides is 1. The van der Waals surface area contributed by atoms with Crippen molar-refractivity contribution in [2.45, 2.75) is 31.8 Å². The van der Waals surface area contributed by atoms with Crippen molar-refractivity contribution in [2.75, 3.05) is 19.7 Å². The van der Waals surface area contributed by atoms with E-state index in [2.05, 4.69) is 36.5 Å². The van der Waals surface area contributed by atoms with Gasteiger partial charge >= 0.3 is 0 Å². The van der Waals surface area contributed by atoms with Crippen molar-refractivity contribution in [1.29, 1.82) is 0 Å². The molecule has 2 atom stereocenters. The molecule has 1 amide bonds. The lowest BCUT2D eigenvalue weighted by atomic mass is 9.98. The van der Waals surface area contributed by atoms with Gasteiger partial charge in [-0.1, -0.05) is 49.4 Å². The Kier molecular flexibility index (Phi) is 8.12. The zero-order chi connectivity index (χ0) is 18.8. The van der Waals surface area contributed by atoms with Gasteiger partial charge < -0.3 is 20.9 Å². The predicted molar refractivity (Wildman–Crippen MR) is 103 cm³/mol. The van der Waals surface area contributed by atoms with Crippen molar-refractivity contribution in [3.63, 3.8) is 0 Å². The molecule has 0 radical (unpaired) electrons. The molecule has 0 aliphatic heterocycles. The lowest BCUT2D eigenvalue weighted by Gasteiger charge is -2.15. The number of hydrogen-bond acceptors (Lipinski definition) is 4. The fourth-order valence-electron chi connectivity index (χ4n) is 2.69. The molecule has 0 fully saturated rings. The molecule has 2 rings (SSSR count). The Morgan fingerprint density at radius 1 is 1.15 bits per heavy atom. The van der Waals surface area contributed by atoms with Crippen molar-refractivity contribution in [3.05, 3.63) is 65.7 Å². The Morgan fingerprint density at radius 2 is 1.85 bits per heavy atom. The molecule has 4 N–H and O–H groups in total. The van der Waals surface area contributed by atoms with Gasteiger partial charge in [0, 0.05) is 6.54 Å². The zero-order valence-electron chi connectivity index (χ0n) is 15.2. The molecule has 5 nitrogen and oxygen atoms in total. The van der Waals surface area contributed by atoms with E-state index >= 15 is 0 Å². The van der Waals surface area contributed by atoms with Gasteiger partial charge in [0.2, 0.25) is 5.91 Å². The van der Waals surface area contributed by atoms with Crippen LogP contribution in [0.5, 0.6) is 5.75 Å². The summed E-state index contributed by atoms with van der Waals surface area (Å²) in [7, 11) is 0. The summed E-state index contributed by atoms with van der Waals surface area (Å²) in [6.07, 6.45) is 0.653. The largest absolute Gasteiger partial charge is 0.491 e. The van der Waals surface area contributed by atoms with E-state index in [1.165, 1.54) is 5.56 Å². The molecule has 0 aromatic heterocycles. The molecule has 5 heteroatoms. The number of rotatable bonds is 11. The van der Waals surface area contributed by atoms with Crippen molar-refractivity contribution in [3.8, 4) is 5.75 Å². The third kappa shape index (κ3) is 7.25. The Labute approximate surface area is 155 Å². The summed E-state index contributed by atoms with van der Waals surface area (Å²) < 4.78 is 5.57. The van der Waals surface area contributed by atoms with Gasteiger partial charge in [0.25, 0.3) is 0 Å². The number of amides is 1. The van der Waals surface area contributed by atoms with Crippen molar-refractivity contribution < 1.29 is 14.6 Å². The summed E-state index contributed by atoms with van der Waals surface area (Å²) in [5.74, 6) is 0.785.